The molecular weight excluding hydrogens is 364 g/mol. The molecule has 7 nitrogen and oxygen atoms in total. The first-order valence-corrected chi connectivity index (χ1v) is 7.69. The van der Waals surface area contributed by atoms with Gasteiger partial charge in [0, 0.05) is 18.6 Å². The average Bonchev–Trinajstić information content (AvgIpc) is 2.59. The molecule has 0 bridgehead atoms. The Hall–Kier alpha value is -0.280. The molecule has 0 heterocycles. The average molecular weight is 423 g/mol. The number of aliphatic hydroxyl groups excluding tert-OH is 5. The molecule has 0 aromatic carbocycles. The largest absolute Gasteiger partial charge is 0.396 e. The number of rotatable bonds is 12. The fraction of sp³-hybridized carbons (Fsp3) is 1.00. The van der Waals surface area contributed by atoms with Gasteiger partial charge in [0.1, 0.15) is 0 Å². The van der Waals surface area contributed by atoms with E-state index >= 15 is 0 Å². The van der Waals surface area contributed by atoms with E-state index in [1.165, 1.54) is 0 Å². The first-order valence-electron chi connectivity index (χ1n) is 7.69. The number of ether oxygens (including phenoxy) is 2. The van der Waals surface area contributed by atoms with Gasteiger partial charge in [0.05, 0.1) is 51.7 Å². The fourth-order valence-electron chi connectivity index (χ4n) is 1.39. The summed E-state index contributed by atoms with van der Waals surface area (Å²) in [6.45, 7) is 6.60. The van der Waals surface area contributed by atoms with E-state index in [0.29, 0.717) is 19.8 Å². The van der Waals surface area contributed by atoms with E-state index in [1.54, 1.807) is 0 Å². The molecule has 0 aromatic heterocycles. The van der Waals surface area contributed by atoms with Gasteiger partial charge in [0.2, 0.25) is 0 Å². The van der Waals surface area contributed by atoms with Crippen LogP contribution >= 0.6 is 0 Å². The van der Waals surface area contributed by atoms with Crippen LogP contribution in [0.4, 0.5) is 0 Å². The maximum Gasteiger partial charge on any atom is 0.0629 e. The molecule has 5 N–H and O–H groups in total. The minimum Gasteiger partial charge on any atom is -0.396 e. The minimum absolute atomic E-state index is 0. The molecule has 0 aliphatic heterocycles. The molecule has 0 aliphatic rings. The van der Waals surface area contributed by atoms with E-state index in [2.05, 4.69) is 0 Å². The first-order chi connectivity index (χ1) is 10.5. The molecule has 28 heavy (non-hydrogen) atoms. The summed E-state index contributed by atoms with van der Waals surface area (Å²) in [6, 6.07) is 0. The third kappa shape index (κ3) is 20.5. The number of hydrogen-bond acceptors (Lipinski definition) is 7. The predicted octanol–water partition coefficient (Wildman–Crippen LogP) is 3.21. The highest BCUT2D eigenvalue weighted by molar-refractivity contribution is 4.76. The molecule has 0 rings (SSSR count). The molecule has 0 radical (unpaired) electrons. The maximum absolute atomic E-state index is 8.96. The third-order valence-electron chi connectivity index (χ3n) is 3.65. The van der Waals surface area contributed by atoms with Gasteiger partial charge < -0.3 is 35.0 Å². The molecule has 0 aromatic rings. The Bertz CT molecular complexity index is 190. The Morgan fingerprint density at radius 2 is 0.750 bits per heavy atom. The Morgan fingerprint density at radius 3 is 0.929 bits per heavy atom. The van der Waals surface area contributed by atoms with Gasteiger partial charge in [0.25, 0.3) is 0 Å². The highest BCUT2D eigenvalue weighted by Gasteiger charge is 2.28. The zero-order valence-electron chi connectivity index (χ0n) is 14.1. The van der Waals surface area contributed by atoms with Gasteiger partial charge in [-0.2, -0.15) is 0 Å². The second kappa shape index (κ2) is 31.4. The lowest BCUT2D eigenvalue weighted by Crippen LogP contribution is -2.38. The summed E-state index contributed by atoms with van der Waals surface area (Å²) in [5, 5.41) is 44.3. The van der Waals surface area contributed by atoms with Gasteiger partial charge >= 0.3 is 0 Å². The van der Waals surface area contributed by atoms with Crippen molar-refractivity contribution < 1.29 is 35.0 Å². The monoisotopic (exact) mass is 422 g/mol. The molecule has 184 valence electrons. The second-order valence-corrected chi connectivity index (χ2v) is 5.42. The van der Waals surface area contributed by atoms with E-state index in [-0.39, 0.29) is 84.2 Å². The lowest BCUT2D eigenvalue weighted by Gasteiger charge is -2.27. The van der Waals surface area contributed by atoms with Crippen molar-refractivity contribution >= 4 is 0 Å². The van der Waals surface area contributed by atoms with Gasteiger partial charge in [-0.15, -0.1) is 0 Å². The van der Waals surface area contributed by atoms with Crippen LogP contribution in [0.1, 0.15) is 71.8 Å². The number of aliphatic hydroxyl groups is 5. The van der Waals surface area contributed by atoms with Crippen LogP contribution in [0.15, 0.2) is 0 Å². The van der Waals surface area contributed by atoms with E-state index in [4.69, 9.17) is 35.0 Å². The van der Waals surface area contributed by atoms with Gasteiger partial charge in [-0.3, -0.25) is 0 Å². The summed E-state index contributed by atoms with van der Waals surface area (Å²) in [5.74, 6) is 0. The molecular formula is C21H58O7. The Kier molecular flexibility index (Phi) is 57.1. The van der Waals surface area contributed by atoms with Crippen molar-refractivity contribution in [3.8, 4) is 0 Å². The molecule has 0 spiro atoms. The molecule has 0 saturated carbocycles. The van der Waals surface area contributed by atoms with Crippen molar-refractivity contribution in [3.63, 3.8) is 0 Å². The van der Waals surface area contributed by atoms with Crippen molar-refractivity contribution in [2.24, 2.45) is 10.8 Å². The van der Waals surface area contributed by atoms with Crippen LogP contribution in [0.3, 0.4) is 0 Å². The van der Waals surface area contributed by atoms with Crippen LogP contribution in [0.5, 0.6) is 0 Å². The van der Waals surface area contributed by atoms with Crippen LogP contribution in [-0.4, -0.2) is 85.0 Å². The van der Waals surface area contributed by atoms with E-state index in [1.807, 2.05) is 20.8 Å². The van der Waals surface area contributed by atoms with Crippen molar-refractivity contribution in [3.05, 3.63) is 0 Å². The summed E-state index contributed by atoms with van der Waals surface area (Å²) in [4.78, 5) is 0. The van der Waals surface area contributed by atoms with Gasteiger partial charge in [0.15, 0.2) is 0 Å². The number of hydrogen-bond donors (Lipinski definition) is 5. The summed E-state index contributed by atoms with van der Waals surface area (Å²) < 4.78 is 10.1. The molecule has 0 unspecified atom stereocenters. The Morgan fingerprint density at radius 1 is 0.500 bits per heavy atom. The highest BCUT2D eigenvalue weighted by Crippen LogP contribution is 2.20. The van der Waals surface area contributed by atoms with Crippen LogP contribution in [0.2, 0.25) is 0 Å². The van der Waals surface area contributed by atoms with Crippen LogP contribution in [-0.2, 0) is 9.47 Å². The highest BCUT2D eigenvalue weighted by atomic mass is 16.5. The smallest absolute Gasteiger partial charge is 0.0629 e. The van der Waals surface area contributed by atoms with Crippen LogP contribution in [0.25, 0.3) is 0 Å². The lowest BCUT2D eigenvalue weighted by molar-refractivity contribution is -0.0552. The molecule has 0 fully saturated rings. The Labute approximate surface area is 177 Å². The summed E-state index contributed by atoms with van der Waals surface area (Å²) in [7, 11) is 0. The summed E-state index contributed by atoms with van der Waals surface area (Å²) in [5.41, 5.74) is -1.31. The molecule has 0 atom stereocenters. The minimum atomic E-state index is -0.879. The van der Waals surface area contributed by atoms with E-state index in [9.17, 15) is 0 Å². The fourth-order valence-corrected chi connectivity index (χ4v) is 1.39. The predicted molar refractivity (Wildman–Crippen MR) is 124 cm³/mol. The lowest BCUT2D eigenvalue weighted by atomic mass is 9.88. The van der Waals surface area contributed by atoms with Crippen molar-refractivity contribution in [2.75, 3.05) is 59.5 Å². The van der Waals surface area contributed by atoms with Crippen molar-refractivity contribution in [2.45, 2.75) is 71.8 Å². The molecule has 0 amide bonds. The van der Waals surface area contributed by atoms with Gasteiger partial charge in [-0.05, 0) is 20.3 Å². The van der Waals surface area contributed by atoms with Gasteiger partial charge in [-0.1, -0.05) is 51.5 Å². The van der Waals surface area contributed by atoms with Gasteiger partial charge in [-0.25, -0.2) is 0 Å². The van der Waals surface area contributed by atoms with Crippen molar-refractivity contribution in [1.82, 2.24) is 0 Å². The van der Waals surface area contributed by atoms with Crippen LogP contribution in [0, 0.1) is 10.8 Å². The van der Waals surface area contributed by atoms with Crippen LogP contribution < -0.4 is 0 Å². The normalized spacial score (nSPS) is 9.43. The van der Waals surface area contributed by atoms with Crippen molar-refractivity contribution in [1.29, 1.82) is 0 Å². The zero-order valence-corrected chi connectivity index (χ0v) is 14.1. The zero-order chi connectivity index (χ0) is 17.5. The standard InChI is InChI=1S/C8H18O3.C7H16O4.6CH4/c1-3-8(5-9,6-10)7-11-4-2;1-2-11-6-7(3-8,4-9)5-10;;;;;;/h9-10H,3-7H2,1-2H3;8-10H,2-6H2,1H3;6*1H4. The quantitative estimate of drug-likeness (QED) is 0.327. The first kappa shape index (κ1) is 50.9. The SMILES string of the molecule is C.C.C.C.C.C.CCOCC(CC)(CO)CO.CCOCC(CO)(CO)CO. The van der Waals surface area contributed by atoms with E-state index < -0.39 is 10.8 Å². The second-order valence-electron chi connectivity index (χ2n) is 5.42. The Balaban J connectivity index is -0.0000000392. The summed E-state index contributed by atoms with van der Waals surface area (Å²) >= 11 is 0. The molecule has 7 heteroatoms. The topological polar surface area (TPSA) is 120 Å². The maximum atomic E-state index is 8.96. The third-order valence-corrected chi connectivity index (χ3v) is 3.65. The molecule has 0 saturated heterocycles. The molecule has 0 aliphatic carbocycles. The summed E-state index contributed by atoms with van der Waals surface area (Å²) in [6.07, 6.45) is 0.736. The van der Waals surface area contributed by atoms with E-state index in [0.717, 1.165) is 6.42 Å².